The van der Waals surface area contributed by atoms with E-state index in [0.29, 0.717) is 23.8 Å². The van der Waals surface area contributed by atoms with Gasteiger partial charge in [0, 0.05) is 12.0 Å². The van der Waals surface area contributed by atoms with Crippen LogP contribution in [0.15, 0.2) is 35.3 Å². The zero-order valence-corrected chi connectivity index (χ0v) is 23.6. The fourth-order valence-corrected chi connectivity index (χ4v) is 6.37. The van der Waals surface area contributed by atoms with Gasteiger partial charge in [-0.05, 0) is 109 Å². The maximum atomic E-state index is 14.7. The van der Waals surface area contributed by atoms with Crippen molar-refractivity contribution in [3.05, 3.63) is 69.5 Å². The van der Waals surface area contributed by atoms with Gasteiger partial charge < -0.3 is 11.1 Å². The summed E-state index contributed by atoms with van der Waals surface area (Å²) in [5.74, 6) is 0.719. The number of nitrogens with two attached hydrogens (primary N) is 1. The second-order valence-electron chi connectivity index (χ2n) is 13.0. The van der Waals surface area contributed by atoms with Gasteiger partial charge in [0.25, 0.3) is 5.91 Å². The number of carbonyl (C=O) groups is 2. The molecule has 3 aliphatic rings. The molecule has 0 saturated heterocycles. The first-order valence-electron chi connectivity index (χ1n) is 14.3. The average Bonchev–Trinajstić information content (AvgIpc) is 3.46. The monoisotopic (exact) mass is 532 g/mol. The quantitative estimate of drug-likeness (QED) is 0.412. The number of halogens is 1. The maximum Gasteiger partial charge on any atom is 0.251 e. The maximum absolute atomic E-state index is 14.7. The highest BCUT2D eigenvalue weighted by Crippen LogP contribution is 2.51. The number of benzene rings is 2. The van der Waals surface area contributed by atoms with Gasteiger partial charge in [-0.15, -0.1) is 0 Å². The van der Waals surface area contributed by atoms with Crippen molar-refractivity contribution in [2.45, 2.75) is 97.1 Å². The standard InChI is InChI=1S/C32H41FN4O2/c1-18-8-9-20(26-14-21(26)10-11-23-16-29(38)37-31(34)35-23)13-25(18)28(17-32(2,3)4)36-30(39)22-12-19-6-5-7-24(19)27(33)15-22/h8-9,12-13,15,21,23,26,28H,5-7,10-11,14,16-17H2,1-4H3,(H,36,39)(H3,34,35,37,38). The molecule has 208 valence electrons. The number of nitrogens with one attached hydrogen (secondary N) is 2. The lowest BCUT2D eigenvalue weighted by molar-refractivity contribution is -0.120. The molecule has 1 fully saturated rings. The number of nitrogens with zero attached hydrogens (tertiary/aromatic N) is 1. The van der Waals surface area contributed by atoms with E-state index in [2.05, 4.69) is 61.5 Å². The van der Waals surface area contributed by atoms with Crippen molar-refractivity contribution in [1.82, 2.24) is 10.6 Å². The van der Waals surface area contributed by atoms with Crippen molar-refractivity contribution < 1.29 is 14.0 Å². The molecule has 2 aromatic carbocycles. The molecule has 2 aliphatic carbocycles. The Bertz CT molecular complexity index is 1310. The van der Waals surface area contributed by atoms with Crippen LogP contribution < -0.4 is 16.4 Å². The van der Waals surface area contributed by atoms with Gasteiger partial charge in [-0.1, -0.05) is 39.0 Å². The van der Waals surface area contributed by atoms with Crippen LogP contribution in [0.1, 0.15) is 109 Å². The van der Waals surface area contributed by atoms with E-state index >= 15 is 0 Å². The summed E-state index contributed by atoms with van der Waals surface area (Å²) in [6.45, 7) is 8.63. The minimum absolute atomic E-state index is 0.0135. The predicted molar refractivity (Wildman–Crippen MR) is 152 cm³/mol. The third-order valence-electron chi connectivity index (χ3n) is 8.46. The lowest BCUT2D eigenvalue weighted by Crippen LogP contribution is -2.43. The Morgan fingerprint density at radius 2 is 2.00 bits per heavy atom. The summed E-state index contributed by atoms with van der Waals surface area (Å²) in [6, 6.07) is 9.70. The Balaban J connectivity index is 1.31. The molecular formula is C32H41FN4O2. The summed E-state index contributed by atoms with van der Waals surface area (Å²) in [6.07, 6.45) is 6.67. The molecule has 39 heavy (non-hydrogen) atoms. The van der Waals surface area contributed by atoms with Crippen LogP contribution in [-0.4, -0.2) is 23.8 Å². The summed E-state index contributed by atoms with van der Waals surface area (Å²) in [5, 5.41) is 5.83. The highest BCUT2D eigenvalue weighted by molar-refractivity contribution is 5.98. The van der Waals surface area contributed by atoms with E-state index in [9.17, 15) is 14.0 Å². The number of aryl methyl sites for hydroxylation is 2. The lowest BCUT2D eigenvalue weighted by Gasteiger charge is -2.29. The van der Waals surface area contributed by atoms with Crippen molar-refractivity contribution in [2.75, 3.05) is 0 Å². The van der Waals surface area contributed by atoms with Crippen LogP contribution in [0, 0.1) is 24.1 Å². The number of fused-ring (bicyclic) bond motifs is 1. The highest BCUT2D eigenvalue weighted by Gasteiger charge is 2.39. The largest absolute Gasteiger partial charge is 0.370 e. The van der Waals surface area contributed by atoms with Crippen molar-refractivity contribution in [1.29, 1.82) is 0 Å². The van der Waals surface area contributed by atoms with Gasteiger partial charge in [0.05, 0.1) is 12.1 Å². The van der Waals surface area contributed by atoms with Crippen LogP contribution in [0.5, 0.6) is 0 Å². The molecule has 0 spiro atoms. The van der Waals surface area contributed by atoms with Gasteiger partial charge in [0.15, 0.2) is 5.96 Å². The second kappa shape index (κ2) is 10.7. The SMILES string of the molecule is Cc1ccc(C2CC2CCC2CC(=O)NC(N)=N2)cc1C(CC(C)(C)C)NC(=O)c1cc(F)c2c(c1)CCC2. The Kier molecular flexibility index (Phi) is 7.53. The molecular weight excluding hydrogens is 491 g/mol. The summed E-state index contributed by atoms with van der Waals surface area (Å²) in [5.41, 5.74) is 11.4. The molecule has 2 amide bonds. The third kappa shape index (κ3) is 6.51. The summed E-state index contributed by atoms with van der Waals surface area (Å²) in [7, 11) is 0. The molecule has 0 radical (unpaired) electrons. The zero-order valence-electron chi connectivity index (χ0n) is 23.6. The van der Waals surface area contributed by atoms with Gasteiger partial charge in [0.2, 0.25) is 5.91 Å². The molecule has 7 heteroatoms. The van der Waals surface area contributed by atoms with E-state index in [1.807, 2.05) is 6.07 Å². The van der Waals surface area contributed by atoms with Crippen molar-refractivity contribution in [2.24, 2.45) is 22.1 Å². The number of carbonyl (C=O) groups excluding carboxylic acids is 2. The summed E-state index contributed by atoms with van der Waals surface area (Å²) < 4.78 is 14.7. The minimum atomic E-state index is -0.261. The summed E-state index contributed by atoms with van der Waals surface area (Å²) >= 11 is 0. The minimum Gasteiger partial charge on any atom is -0.370 e. The molecule has 1 aliphatic heterocycles. The van der Waals surface area contributed by atoms with Crippen LogP contribution in [0.3, 0.4) is 0 Å². The number of guanidine groups is 1. The van der Waals surface area contributed by atoms with Gasteiger partial charge in [-0.3, -0.25) is 14.9 Å². The molecule has 5 rings (SSSR count). The number of aliphatic imine (C=N–C) groups is 1. The zero-order chi connectivity index (χ0) is 27.9. The first-order chi connectivity index (χ1) is 18.5. The topological polar surface area (TPSA) is 96.6 Å². The Labute approximate surface area is 231 Å². The van der Waals surface area contributed by atoms with E-state index in [4.69, 9.17) is 5.73 Å². The Hall–Kier alpha value is -3.22. The number of hydrogen-bond donors (Lipinski definition) is 3. The number of amides is 2. The number of hydrogen-bond acceptors (Lipinski definition) is 4. The molecule has 0 aromatic heterocycles. The number of rotatable bonds is 8. The summed E-state index contributed by atoms with van der Waals surface area (Å²) in [4.78, 5) is 29.6. The highest BCUT2D eigenvalue weighted by atomic mass is 19.1. The van der Waals surface area contributed by atoms with E-state index < -0.39 is 0 Å². The van der Waals surface area contributed by atoms with Crippen LogP contribution >= 0.6 is 0 Å². The van der Waals surface area contributed by atoms with Crippen molar-refractivity contribution in [3.63, 3.8) is 0 Å². The van der Waals surface area contributed by atoms with E-state index in [-0.39, 0.29) is 41.1 Å². The van der Waals surface area contributed by atoms with E-state index in [0.717, 1.165) is 67.2 Å². The first kappa shape index (κ1) is 27.4. The molecule has 1 saturated carbocycles. The normalized spacial score (nSPS) is 23.1. The Morgan fingerprint density at radius 3 is 2.74 bits per heavy atom. The fourth-order valence-electron chi connectivity index (χ4n) is 6.37. The van der Waals surface area contributed by atoms with Gasteiger partial charge in [-0.25, -0.2) is 9.38 Å². The lowest BCUT2D eigenvalue weighted by atomic mass is 9.83. The predicted octanol–water partition coefficient (Wildman–Crippen LogP) is 5.62. The van der Waals surface area contributed by atoms with Gasteiger partial charge in [-0.2, -0.15) is 0 Å². The van der Waals surface area contributed by atoms with Crippen LogP contribution in [0.2, 0.25) is 0 Å². The van der Waals surface area contributed by atoms with Crippen LogP contribution in [0.25, 0.3) is 0 Å². The third-order valence-corrected chi connectivity index (χ3v) is 8.46. The van der Waals surface area contributed by atoms with Gasteiger partial charge >= 0.3 is 0 Å². The molecule has 4 unspecified atom stereocenters. The fraction of sp³-hybridized carbons (Fsp3) is 0.531. The molecule has 0 bridgehead atoms. The molecule has 6 nitrogen and oxygen atoms in total. The second-order valence-corrected chi connectivity index (χ2v) is 13.0. The van der Waals surface area contributed by atoms with Crippen LogP contribution in [-0.2, 0) is 17.6 Å². The smallest absolute Gasteiger partial charge is 0.251 e. The Morgan fingerprint density at radius 1 is 1.21 bits per heavy atom. The van der Waals surface area contributed by atoms with E-state index in [1.54, 1.807) is 0 Å². The molecule has 4 N–H and O–H groups in total. The average molecular weight is 533 g/mol. The first-order valence-corrected chi connectivity index (χ1v) is 14.3. The van der Waals surface area contributed by atoms with Gasteiger partial charge in [0.1, 0.15) is 5.82 Å². The molecule has 4 atom stereocenters. The van der Waals surface area contributed by atoms with E-state index in [1.165, 1.54) is 11.6 Å². The van der Waals surface area contributed by atoms with Crippen molar-refractivity contribution >= 4 is 17.8 Å². The van der Waals surface area contributed by atoms with Crippen LogP contribution in [0.4, 0.5) is 4.39 Å². The molecule has 1 heterocycles. The molecule has 2 aromatic rings. The van der Waals surface area contributed by atoms with Crippen molar-refractivity contribution in [3.8, 4) is 0 Å².